The molecule has 0 spiro atoms. The van der Waals surface area contributed by atoms with E-state index in [1.165, 1.54) is 0 Å². The minimum absolute atomic E-state index is 0. The van der Waals surface area contributed by atoms with Gasteiger partial charge in [-0.05, 0) is 5.92 Å². The van der Waals surface area contributed by atoms with E-state index in [4.69, 9.17) is 5.73 Å². The van der Waals surface area contributed by atoms with Gasteiger partial charge >= 0.3 is 0 Å². The van der Waals surface area contributed by atoms with Crippen molar-refractivity contribution in [2.24, 2.45) is 11.7 Å². The summed E-state index contributed by atoms with van der Waals surface area (Å²) in [5.74, 6) is 0.625. The van der Waals surface area contributed by atoms with Crippen LogP contribution in [0.5, 0.6) is 0 Å². The van der Waals surface area contributed by atoms with Crippen LogP contribution in [0.3, 0.4) is 0 Å². The van der Waals surface area contributed by atoms with E-state index in [-0.39, 0.29) is 24.9 Å². The molecule has 0 radical (unpaired) electrons. The average molecular weight is 222 g/mol. The summed E-state index contributed by atoms with van der Waals surface area (Å²) in [5, 5.41) is 3.39. The Balaban J connectivity index is 0.00000169. The van der Waals surface area contributed by atoms with Gasteiger partial charge in [-0.15, -0.1) is 12.4 Å². The van der Waals surface area contributed by atoms with E-state index in [1.807, 2.05) is 4.90 Å². The van der Waals surface area contributed by atoms with Gasteiger partial charge < -0.3 is 16.0 Å². The molecule has 1 aliphatic rings. The van der Waals surface area contributed by atoms with E-state index in [9.17, 15) is 4.79 Å². The number of hydrogen-bond donors (Lipinski definition) is 2. The first-order chi connectivity index (χ1) is 6.15. The van der Waals surface area contributed by atoms with E-state index in [0.29, 0.717) is 12.0 Å². The Hall–Kier alpha value is -0.320. The van der Waals surface area contributed by atoms with Crippen molar-refractivity contribution in [1.29, 1.82) is 0 Å². The fourth-order valence-corrected chi connectivity index (χ4v) is 1.58. The first-order valence-electron chi connectivity index (χ1n) is 4.86. The summed E-state index contributed by atoms with van der Waals surface area (Å²) in [4.78, 5) is 13.2. The lowest BCUT2D eigenvalue weighted by molar-refractivity contribution is -0.131. The monoisotopic (exact) mass is 221 g/mol. The molecule has 1 amide bonds. The van der Waals surface area contributed by atoms with Crippen LogP contribution in [0.2, 0.25) is 0 Å². The highest BCUT2D eigenvalue weighted by molar-refractivity contribution is 5.85. The second kappa shape index (κ2) is 6.22. The number of nitrogens with one attached hydrogen (secondary N) is 1. The molecule has 1 rings (SSSR count). The topological polar surface area (TPSA) is 58.4 Å². The fraction of sp³-hybridized carbons (Fsp3) is 0.889. The van der Waals surface area contributed by atoms with E-state index in [1.54, 1.807) is 0 Å². The number of nitrogens with zero attached hydrogens (tertiary/aromatic N) is 1. The summed E-state index contributed by atoms with van der Waals surface area (Å²) in [7, 11) is 0. The Kier molecular flexibility index (Phi) is 6.08. The van der Waals surface area contributed by atoms with Crippen molar-refractivity contribution in [1.82, 2.24) is 10.2 Å². The zero-order valence-corrected chi connectivity index (χ0v) is 9.64. The molecule has 0 aromatic carbocycles. The standard InChI is InChI=1S/C9H19N3O.ClH/c1-7(2)8-6-12(4-3-11-8)9(13)5-10;/h7-8,11H,3-6,10H2,1-2H3;1H/t8-;/m1./s1. The lowest BCUT2D eigenvalue weighted by atomic mass is 10.0. The van der Waals surface area contributed by atoms with Crippen LogP contribution >= 0.6 is 12.4 Å². The number of carbonyl (C=O) groups excluding carboxylic acids is 1. The Bertz CT molecular complexity index is 187. The Labute approximate surface area is 91.6 Å². The van der Waals surface area contributed by atoms with E-state index in [0.717, 1.165) is 19.6 Å². The smallest absolute Gasteiger partial charge is 0.236 e. The SMILES string of the molecule is CC(C)[C@H]1CN(C(=O)CN)CCN1.Cl. The quantitative estimate of drug-likeness (QED) is 0.681. The van der Waals surface area contributed by atoms with Crippen molar-refractivity contribution >= 4 is 18.3 Å². The number of rotatable bonds is 2. The molecule has 1 fully saturated rings. The largest absolute Gasteiger partial charge is 0.339 e. The number of hydrogen-bond acceptors (Lipinski definition) is 3. The zero-order chi connectivity index (χ0) is 9.84. The van der Waals surface area contributed by atoms with Crippen LogP contribution in [0.25, 0.3) is 0 Å². The van der Waals surface area contributed by atoms with Crippen LogP contribution in [0.15, 0.2) is 0 Å². The Morgan fingerprint density at radius 1 is 1.64 bits per heavy atom. The molecular formula is C9H20ClN3O. The number of carbonyl (C=O) groups is 1. The second-order valence-electron chi connectivity index (χ2n) is 3.85. The molecule has 1 atom stereocenters. The Morgan fingerprint density at radius 3 is 2.79 bits per heavy atom. The van der Waals surface area contributed by atoms with Crippen molar-refractivity contribution in [2.75, 3.05) is 26.2 Å². The molecule has 0 aromatic rings. The minimum Gasteiger partial charge on any atom is -0.339 e. The van der Waals surface area contributed by atoms with E-state index in [2.05, 4.69) is 19.2 Å². The molecule has 0 saturated carbocycles. The van der Waals surface area contributed by atoms with Crippen LogP contribution < -0.4 is 11.1 Å². The summed E-state index contributed by atoms with van der Waals surface area (Å²) in [5.41, 5.74) is 5.31. The lowest BCUT2D eigenvalue weighted by Gasteiger charge is -2.35. The predicted molar refractivity (Wildman–Crippen MR) is 59.5 cm³/mol. The summed E-state index contributed by atoms with van der Waals surface area (Å²) < 4.78 is 0. The summed E-state index contributed by atoms with van der Waals surface area (Å²) in [6.45, 7) is 6.93. The highest BCUT2D eigenvalue weighted by atomic mass is 35.5. The minimum atomic E-state index is 0. The van der Waals surface area contributed by atoms with E-state index < -0.39 is 0 Å². The predicted octanol–water partition coefficient (Wildman–Crippen LogP) is -0.177. The molecule has 3 N–H and O–H groups in total. The summed E-state index contributed by atoms with van der Waals surface area (Å²) >= 11 is 0. The first-order valence-corrected chi connectivity index (χ1v) is 4.86. The third kappa shape index (κ3) is 3.44. The van der Waals surface area contributed by atoms with Gasteiger partial charge in [-0.25, -0.2) is 0 Å². The zero-order valence-electron chi connectivity index (χ0n) is 8.82. The summed E-state index contributed by atoms with van der Waals surface area (Å²) in [6, 6.07) is 0.421. The molecule has 1 aliphatic heterocycles. The number of halogens is 1. The van der Waals surface area contributed by atoms with Crippen LogP contribution in [0.4, 0.5) is 0 Å². The van der Waals surface area contributed by atoms with Gasteiger partial charge in [0.05, 0.1) is 6.54 Å². The van der Waals surface area contributed by atoms with Crippen molar-refractivity contribution in [3.63, 3.8) is 0 Å². The van der Waals surface area contributed by atoms with Crippen LogP contribution in [-0.4, -0.2) is 43.0 Å². The van der Waals surface area contributed by atoms with Gasteiger partial charge in [-0.3, -0.25) is 4.79 Å². The maximum atomic E-state index is 11.3. The summed E-state index contributed by atoms with van der Waals surface area (Å²) in [6.07, 6.45) is 0. The third-order valence-electron chi connectivity index (χ3n) is 2.54. The van der Waals surface area contributed by atoms with Crippen LogP contribution in [-0.2, 0) is 4.79 Å². The third-order valence-corrected chi connectivity index (χ3v) is 2.54. The fourth-order valence-electron chi connectivity index (χ4n) is 1.58. The van der Waals surface area contributed by atoms with Gasteiger partial charge in [-0.1, -0.05) is 13.8 Å². The molecule has 5 heteroatoms. The van der Waals surface area contributed by atoms with Crippen molar-refractivity contribution in [3.8, 4) is 0 Å². The molecule has 84 valence electrons. The van der Waals surface area contributed by atoms with Crippen LogP contribution in [0, 0.1) is 5.92 Å². The van der Waals surface area contributed by atoms with Gasteiger partial charge in [0.25, 0.3) is 0 Å². The van der Waals surface area contributed by atoms with Gasteiger partial charge in [0.1, 0.15) is 0 Å². The lowest BCUT2D eigenvalue weighted by Crippen LogP contribution is -2.55. The van der Waals surface area contributed by atoms with Crippen molar-refractivity contribution < 1.29 is 4.79 Å². The van der Waals surface area contributed by atoms with Gasteiger partial charge in [0.2, 0.25) is 5.91 Å². The molecule has 0 aromatic heterocycles. The average Bonchev–Trinajstić information content (AvgIpc) is 2.17. The maximum Gasteiger partial charge on any atom is 0.236 e. The maximum absolute atomic E-state index is 11.3. The highest BCUT2D eigenvalue weighted by Crippen LogP contribution is 2.07. The first kappa shape index (κ1) is 13.7. The number of nitrogens with two attached hydrogens (primary N) is 1. The van der Waals surface area contributed by atoms with E-state index >= 15 is 0 Å². The molecule has 0 unspecified atom stereocenters. The molecular weight excluding hydrogens is 202 g/mol. The van der Waals surface area contributed by atoms with Gasteiger partial charge in [0, 0.05) is 25.7 Å². The highest BCUT2D eigenvalue weighted by Gasteiger charge is 2.23. The Morgan fingerprint density at radius 2 is 2.29 bits per heavy atom. The van der Waals surface area contributed by atoms with Gasteiger partial charge in [0.15, 0.2) is 0 Å². The molecule has 1 heterocycles. The molecule has 0 bridgehead atoms. The second-order valence-corrected chi connectivity index (χ2v) is 3.85. The molecule has 0 aliphatic carbocycles. The number of piperazine rings is 1. The molecule has 14 heavy (non-hydrogen) atoms. The number of amides is 1. The van der Waals surface area contributed by atoms with Gasteiger partial charge in [-0.2, -0.15) is 0 Å². The van der Waals surface area contributed by atoms with Crippen molar-refractivity contribution in [2.45, 2.75) is 19.9 Å². The molecule has 1 saturated heterocycles. The molecule has 4 nitrogen and oxygen atoms in total. The normalized spacial score (nSPS) is 22.0. The van der Waals surface area contributed by atoms with Crippen molar-refractivity contribution in [3.05, 3.63) is 0 Å². The van der Waals surface area contributed by atoms with Crippen LogP contribution in [0.1, 0.15) is 13.8 Å².